The monoisotopic (exact) mass is 290 g/mol. The summed E-state index contributed by atoms with van der Waals surface area (Å²) in [5, 5.41) is 17.1. The Morgan fingerprint density at radius 1 is 1.21 bits per heavy atom. The lowest BCUT2D eigenvalue weighted by Crippen LogP contribution is -2.12. The van der Waals surface area contributed by atoms with E-state index in [-0.39, 0.29) is 11.3 Å². The van der Waals surface area contributed by atoms with Gasteiger partial charge in [0.25, 0.3) is 0 Å². The minimum absolute atomic E-state index is 0.0171. The molecule has 1 rings (SSSR count). The Kier molecular flexibility index (Phi) is 5.20. The fourth-order valence-electron chi connectivity index (χ4n) is 1.02. The van der Waals surface area contributed by atoms with Crippen LogP contribution < -0.4 is 4.52 Å². The average Bonchev–Trinajstić information content (AvgIpc) is 2.36. The third kappa shape index (κ3) is 5.19. The van der Waals surface area contributed by atoms with E-state index in [4.69, 9.17) is 10.2 Å². The van der Waals surface area contributed by atoms with Gasteiger partial charge >= 0.3 is 13.8 Å². The first-order chi connectivity index (χ1) is 8.84. The molecule has 0 saturated heterocycles. The molecule has 0 amide bonds. The minimum Gasteiger partial charge on any atom is -0.478 e. The SMILES string of the molecule is O=C(CO)COP(=O)(O)Oc1ccc(C(=O)O)cc1. The first kappa shape index (κ1) is 15.3. The number of aliphatic hydroxyl groups excluding tert-OH is 1. The number of carbonyl (C=O) groups excluding carboxylic acids is 1. The summed E-state index contributed by atoms with van der Waals surface area (Å²) in [6.45, 7) is -1.58. The lowest BCUT2D eigenvalue weighted by atomic mass is 10.2. The number of phosphoric ester groups is 1. The van der Waals surface area contributed by atoms with Crippen LogP contribution in [0.25, 0.3) is 0 Å². The van der Waals surface area contributed by atoms with E-state index in [0.717, 1.165) is 0 Å². The quantitative estimate of drug-likeness (QED) is 0.617. The third-order valence-corrected chi connectivity index (χ3v) is 2.78. The van der Waals surface area contributed by atoms with E-state index in [1.54, 1.807) is 0 Å². The molecule has 0 aliphatic heterocycles. The molecule has 1 atom stereocenters. The number of Topliss-reactive ketones (excluding diaryl/α,β-unsaturated/α-hetero) is 1. The van der Waals surface area contributed by atoms with E-state index < -0.39 is 32.8 Å². The van der Waals surface area contributed by atoms with Crippen LogP contribution in [-0.4, -0.2) is 40.1 Å². The summed E-state index contributed by atoms with van der Waals surface area (Å²) in [6.07, 6.45) is 0. The Labute approximate surface area is 107 Å². The maximum Gasteiger partial charge on any atom is 0.527 e. The van der Waals surface area contributed by atoms with Crippen LogP contribution >= 0.6 is 7.82 Å². The normalized spacial score (nSPS) is 13.6. The first-order valence-electron chi connectivity index (χ1n) is 4.97. The highest BCUT2D eigenvalue weighted by molar-refractivity contribution is 7.47. The van der Waals surface area contributed by atoms with Gasteiger partial charge in [0.15, 0.2) is 5.78 Å². The van der Waals surface area contributed by atoms with Crippen molar-refractivity contribution in [3.05, 3.63) is 29.8 Å². The number of hydrogen-bond donors (Lipinski definition) is 3. The molecule has 0 saturated carbocycles. The fraction of sp³-hybridized carbons (Fsp3) is 0.200. The zero-order valence-electron chi connectivity index (χ0n) is 9.55. The lowest BCUT2D eigenvalue weighted by molar-refractivity contribution is -0.124. The topological polar surface area (TPSA) is 130 Å². The van der Waals surface area contributed by atoms with Crippen molar-refractivity contribution in [1.29, 1.82) is 0 Å². The highest BCUT2D eigenvalue weighted by atomic mass is 31.2. The van der Waals surface area contributed by atoms with E-state index >= 15 is 0 Å². The summed E-state index contributed by atoms with van der Waals surface area (Å²) in [6, 6.07) is 4.69. The Morgan fingerprint density at radius 2 is 1.79 bits per heavy atom. The van der Waals surface area contributed by atoms with Gasteiger partial charge in [0.05, 0.1) is 5.56 Å². The van der Waals surface area contributed by atoms with Gasteiger partial charge in [-0.25, -0.2) is 9.36 Å². The molecule has 0 radical (unpaired) electrons. The summed E-state index contributed by atoms with van der Waals surface area (Å²) < 4.78 is 20.3. The molecule has 8 nitrogen and oxygen atoms in total. The van der Waals surface area contributed by atoms with Crippen molar-refractivity contribution in [1.82, 2.24) is 0 Å². The maximum atomic E-state index is 11.4. The van der Waals surface area contributed by atoms with Gasteiger partial charge in [-0.2, -0.15) is 0 Å². The highest BCUT2D eigenvalue weighted by Gasteiger charge is 2.24. The molecule has 0 fully saturated rings. The van der Waals surface area contributed by atoms with E-state index in [0.29, 0.717) is 0 Å². The molecule has 1 unspecified atom stereocenters. The Hall–Kier alpha value is -1.73. The summed E-state index contributed by atoms with van der Waals surface area (Å²) >= 11 is 0. The average molecular weight is 290 g/mol. The molecule has 19 heavy (non-hydrogen) atoms. The molecule has 9 heteroatoms. The van der Waals surface area contributed by atoms with Gasteiger partial charge in [-0.05, 0) is 24.3 Å². The van der Waals surface area contributed by atoms with Crippen LogP contribution in [-0.2, 0) is 13.9 Å². The highest BCUT2D eigenvalue weighted by Crippen LogP contribution is 2.43. The second kappa shape index (κ2) is 6.44. The Bertz CT molecular complexity index is 509. The van der Waals surface area contributed by atoms with E-state index in [1.807, 2.05) is 0 Å². The van der Waals surface area contributed by atoms with Crippen LogP contribution in [0.4, 0.5) is 0 Å². The molecular weight excluding hydrogens is 279 g/mol. The van der Waals surface area contributed by atoms with Crippen LogP contribution in [0.1, 0.15) is 10.4 Å². The Morgan fingerprint density at radius 3 is 2.26 bits per heavy atom. The van der Waals surface area contributed by atoms with Gasteiger partial charge < -0.3 is 14.7 Å². The maximum absolute atomic E-state index is 11.4. The molecule has 0 bridgehead atoms. The van der Waals surface area contributed by atoms with Crippen molar-refractivity contribution in [3.8, 4) is 5.75 Å². The minimum atomic E-state index is -4.50. The summed E-state index contributed by atoms with van der Waals surface area (Å²) in [4.78, 5) is 30.5. The lowest BCUT2D eigenvalue weighted by Gasteiger charge is -2.12. The van der Waals surface area contributed by atoms with Crippen molar-refractivity contribution in [3.63, 3.8) is 0 Å². The van der Waals surface area contributed by atoms with Gasteiger partial charge in [-0.1, -0.05) is 0 Å². The zero-order valence-corrected chi connectivity index (χ0v) is 10.4. The van der Waals surface area contributed by atoms with E-state index in [2.05, 4.69) is 9.05 Å². The first-order valence-corrected chi connectivity index (χ1v) is 6.46. The molecule has 0 aliphatic rings. The zero-order chi connectivity index (χ0) is 14.5. The van der Waals surface area contributed by atoms with Crippen molar-refractivity contribution < 1.29 is 38.3 Å². The molecule has 0 heterocycles. The van der Waals surface area contributed by atoms with Gasteiger partial charge in [0.1, 0.15) is 19.0 Å². The predicted octanol–water partition coefficient (Wildman–Crippen LogP) is 0.442. The molecule has 0 spiro atoms. The smallest absolute Gasteiger partial charge is 0.478 e. The summed E-state index contributed by atoms with van der Waals surface area (Å²) in [5.41, 5.74) is -0.0171. The van der Waals surface area contributed by atoms with Gasteiger partial charge in [-0.3, -0.25) is 14.2 Å². The Balaban J connectivity index is 2.64. The number of hydrogen-bond acceptors (Lipinski definition) is 6. The number of phosphoric acid groups is 1. The second-order valence-corrected chi connectivity index (χ2v) is 4.74. The van der Waals surface area contributed by atoms with Crippen LogP contribution in [0.3, 0.4) is 0 Å². The van der Waals surface area contributed by atoms with Crippen LogP contribution in [0.5, 0.6) is 5.75 Å². The van der Waals surface area contributed by atoms with Crippen molar-refractivity contribution in [2.75, 3.05) is 13.2 Å². The number of carbonyl (C=O) groups is 2. The molecule has 0 aromatic heterocycles. The summed E-state index contributed by atoms with van der Waals surface area (Å²) in [5.74, 6) is -2.02. The third-order valence-electron chi connectivity index (χ3n) is 1.89. The van der Waals surface area contributed by atoms with Gasteiger partial charge in [0, 0.05) is 0 Å². The number of aromatic carboxylic acids is 1. The number of carboxylic acid groups (broad SMARTS) is 1. The molecular formula is C10H11O8P. The number of aliphatic hydroxyl groups is 1. The van der Waals surface area contributed by atoms with E-state index in [1.165, 1.54) is 24.3 Å². The van der Waals surface area contributed by atoms with Crippen molar-refractivity contribution in [2.45, 2.75) is 0 Å². The number of carboxylic acids is 1. The fourth-order valence-corrected chi connectivity index (χ4v) is 1.77. The standard InChI is InChI=1S/C10H11O8P/c11-5-8(12)6-17-19(15,16)18-9-3-1-7(2-4-9)10(13)14/h1-4,11H,5-6H2,(H,13,14)(H,15,16). The van der Waals surface area contributed by atoms with Crippen LogP contribution in [0.2, 0.25) is 0 Å². The van der Waals surface area contributed by atoms with Gasteiger partial charge in [-0.15, -0.1) is 0 Å². The number of ketones is 1. The van der Waals surface area contributed by atoms with Crippen molar-refractivity contribution in [2.24, 2.45) is 0 Å². The molecule has 1 aromatic carbocycles. The molecule has 1 aromatic rings. The number of benzene rings is 1. The summed E-state index contributed by atoms with van der Waals surface area (Å²) in [7, 11) is -4.50. The second-order valence-electron chi connectivity index (χ2n) is 3.36. The molecule has 0 aliphatic carbocycles. The van der Waals surface area contributed by atoms with E-state index in [9.17, 15) is 19.0 Å². The van der Waals surface area contributed by atoms with Crippen molar-refractivity contribution >= 4 is 19.6 Å². The van der Waals surface area contributed by atoms with Crippen LogP contribution in [0, 0.1) is 0 Å². The number of rotatable bonds is 7. The predicted molar refractivity (Wildman–Crippen MR) is 61.9 cm³/mol. The largest absolute Gasteiger partial charge is 0.527 e. The van der Waals surface area contributed by atoms with Crippen LogP contribution in [0.15, 0.2) is 24.3 Å². The van der Waals surface area contributed by atoms with Gasteiger partial charge in [0.2, 0.25) is 0 Å². The molecule has 3 N–H and O–H groups in total. The molecule has 104 valence electrons.